The summed E-state index contributed by atoms with van der Waals surface area (Å²) in [5, 5.41) is 8.69. The van der Waals surface area contributed by atoms with E-state index in [1.54, 1.807) is 0 Å². The van der Waals surface area contributed by atoms with E-state index in [0.29, 0.717) is 11.8 Å². The Morgan fingerprint density at radius 1 is 0.257 bits per heavy atom. The Balaban J connectivity index is 0.991. The van der Waals surface area contributed by atoms with Crippen molar-refractivity contribution < 1.29 is 4.42 Å². The van der Waals surface area contributed by atoms with Crippen molar-refractivity contribution in [2.45, 2.75) is 0 Å². The van der Waals surface area contributed by atoms with Gasteiger partial charge in [0.05, 0.1) is 22.4 Å². The minimum absolute atomic E-state index is 0.464. The predicted molar refractivity (Wildman–Crippen MR) is 286 cm³/mol. The van der Waals surface area contributed by atoms with E-state index >= 15 is 0 Å². The lowest BCUT2D eigenvalue weighted by molar-refractivity contribution is 0.584. The highest BCUT2D eigenvalue weighted by atomic mass is 16.4. The highest BCUT2D eigenvalue weighted by Gasteiger charge is 2.21. The first kappa shape index (κ1) is 41.9. The summed E-state index contributed by atoms with van der Waals surface area (Å²) in [5.74, 6) is 0.950. The van der Waals surface area contributed by atoms with Crippen LogP contribution < -0.4 is 4.90 Å². The Kier molecular flexibility index (Phi) is 11.1. The van der Waals surface area contributed by atoms with E-state index < -0.39 is 0 Å². The van der Waals surface area contributed by atoms with Gasteiger partial charge in [-0.3, -0.25) is 0 Å². The van der Waals surface area contributed by atoms with Crippen LogP contribution in [0.15, 0.2) is 265 Å². The number of hydrogen-bond acceptors (Lipinski definition) is 6. The molecule has 0 fully saturated rings. The molecule has 6 nitrogen and oxygen atoms in total. The van der Waals surface area contributed by atoms with Gasteiger partial charge in [-0.25, -0.2) is 9.97 Å². The molecule has 0 spiro atoms. The number of para-hydroxylation sites is 1. The van der Waals surface area contributed by atoms with Crippen LogP contribution in [-0.2, 0) is 0 Å². The zero-order valence-electron chi connectivity index (χ0n) is 38.0. The summed E-state index contributed by atoms with van der Waals surface area (Å²) < 4.78 is 6.11. The molecule has 0 unspecified atom stereocenters. The molecular formula is C64H43N5O. The minimum Gasteiger partial charge on any atom is -0.416 e. The van der Waals surface area contributed by atoms with Crippen LogP contribution >= 0.6 is 0 Å². The highest BCUT2D eigenvalue weighted by Crippen LogP contribution is 2.42. The fourth-order valence-electron chi connectivity index (χ4n) is 9.18. The molecule has 70 heavy (non-hydrogen) atoms. The summed E-state index contributed by atoms with van der Waals surface area (Å²) in [7, 11) is 0. The molecule has 0 radical (unpaired) electrons. The normalized spacial score (nSPS) is 11.1. The second-order valence-corrected chi connectivity index (χ2v) is 17.1. The second-order valence-electron chi connectivity index (χ2n) is 17.1. The molecule has 330 valence electrons. The van der Waals surface area contributed by atoms with E-state index in [1.165, 1.54) is 0 Å². The van der Waals surface area contributed by atoms with Crippen molar-refractivity contribution in [3.05, 3.63) is 261 Å². The van der Waals surface area contributed by atoms with E-state index in [4.69, 9.17) is 14.4 Å². The SMILES string of the molecule is c1ccc(-c2cccc(-c3ccc(-c4cccc(-c5ccccc5)c4)c4nc(-c5ccc(N(c6ccccc6)c6ccc(-c7nnc(-c8ccccc8)o7)cc6)cc5)c(-c5ccccc5)nc34)c2)cc1. The summed E-state index contributed by atoms with van der Waals surface area (Å²) in [6, 6.07) is 90.4. The second kappa shape index (κ2) is 18.6. The van der Waals surface area contributed by atoms with E-state index in [9.17, 15) is 0 Å². The summed E-state index contributed by atoms with van der Waals surface area (Å²) in [5.41, 5.74) is 18.7. The molecule has 0 aliphatic rings. The van der Waals surface area contributed by atoms with Crippen LogP contribution in [0.25, 0.3) is 101 Å². The van der Waals surface area contributed by atoms with Crippen molar-refractivity contribution in [2.75, 3.05) is 4.90 Å². The van der Waals surface area contributed by atoms with Crippen LogP contribution in [0.1, 0.15) is 0 Å². The third kappa shape index (κ3) is 8.31. The van der Waals surface area contributed by atoms with Gasteiger partial charge in [0.15, 0.2) is 0 Å². The van der Waals surface area contributed by atoms with Crippen molar-refractivity contribution in [2.24, 2.45) is 0 Å². The lowest BCUT2D eigenvalue weighted by atomic mass is 9.93. The Hall–Kier alpha value is -9.52. The van der Waals surface area contributed by atoms with Gasteiger partial charge in [-0.1, -0.05) is 188 Å². The van der Waals surface area contributed by atoms with Crippen molar-refractivity contribution in [1.29, 1.82) is 0 Å². The first-order chi connectivity index (χ1) is 34.7. The number of anilines is 3. The van der Waals surface area contributed by atoms with Gasteiger partial charge in [0.2, 0.25) is 11.8 Å². The van der Waals surface area contributed by atoms with Crippen LogP contribution in [0.4, 0.5) is 17.1 Å². The quantitative estimate of drug-likeness (QED) is 0.129. The smallest absolute Gasteiger partial charge is 0.248 e. The number of fused-ring (bicyclic) bond motifs is 1. The molecule has 0 aliphatic heterocycles. The maximum absolute atomic E-state index is 6.11. The predicted octanol–water partition coefficient (Wildman–Crippen LogP) is 16.8. The van der Waals surface area contributed by atoms with Gasteiger partial charge in [0.1, 0.15) is 0 Å². The standard InChI is InChI=1S/C64H43N5O/c1-6-18-44(19-7-1)50-26-16-28-52(42-50)57-40-41-58(53-29-17-27-51(43-53)45-20-8-2-9-21-45)62-61(57)65-59(46-22-10-3-11-23-46)60(66-62)47-32-36-55(37-33-47)69(54-30-14-5-15-31-54)56-38-34-49(35-39-56)64-68-67-63(70-64)48-24-12-4-13-25-48/h1-43H. The lowest BCUT2D eigenvalue weighted by Crippen LogP contribution is -2.09. The summed E-state index contributed by atoms with van der Waals surface area (Å²) in [4.78, 5) is 13.6. The monoisotopic (exact) mass is 897 g/mol. The molecular weight excluding hydrogens is 855 g/mol. The molecule has 0 saturated heterocycles. The lowest BCUT2D eigenvalue weighted by Gasteiger charge is -2.26. The van der Waals surface area contributed by atoms with E-state index in [2.05, 4.69) is 221 Å². The fourth-order valence-corrected chi connectivity index (χ4v) is 9.18. The maximum atomic E-state index is 6.11. The number of rotatable bonds is 11. The molecule has 0 bridgehead atoms. The number of benzene rings is 10. The molecule has 12 aromatic rings. The van der Waals surface area contributed by atoms with E-state index in [-0.39, 0.29) is 0 Å². The third-order valence-corrected chi connectivity index (χ3v) is 12.7. The van der Waals surface area contributed by atoms with Gasteiger partial charge in [0.25, 0.3) is 0 Å². The van der Waals surface area contributed by atoms with Gasteiger partial charge in [0, 0.05) is 50.4 Å². The maximum Gasteiger partial charge on any atom is 0.248 e. The molecule has 12 rings (SSSR count). The van der Waals surface area contributed by atoms with Crippen molar-refractivity contribution in [1.82, 2.24) is 20.2 Å². The van der Waals surface area contributed by atoms with Crippen LogP contribution in [0.3, 0.4) is 0 Å². The molecule has 10 aromatic carbocycles. The number of hydrogen-bond donors (Lipinski definition) is 0. The first-order valence-electron chi connectivity index (χ1n) is 23.4. The molecule has 0 saturated carbocycles. The zero-order valence-corrected chi connectivity index (χ0v) is 38.0. The van der Waals surface area contributed by atoms with E-state index in [0.717, 1.165) is 106 Å². The Morgan fingerprint density at radius 2 is 0.586 bits per heavy atom. The van der Waals surface area contributed by atoms with Crippen LogP contribution in [0.2, 0.25) is 0 Å². The summed E-state index contributed by atoms with van der Waals surface area (Å²) >= 11 is 0. The van der Waals surface area contributed by atoms with Crippen LogP contribution in [0, 0.1) is 0 Å². The van der Waals surface area contributed by atoms with Gasteiger partial charge in [-0.15, -0.1) is 10.2 Å². The van der Waals surface area contributed by atoms with Gasteiger partial charge >= 0.3 is 0 Å². The number of aromatic nitrogens is 4. The Labute approximate surface area is 406 Å². The molecule has 0 amide bonds. The molecule has 0 aliphatic carbocycles. The average Bonchev–Trinajstić information content (AvgIpc) is 3.95. The van der Waals surface area contributed by atoms with Crippen molar-refractivity contribution in [3.8, 4) is 89.9 Å². The third-order valence-electron chi connectivity index (χ3n) is 12.7. The summed E-state index contributed by atoms with van der Waals surface area (Å²) in [6.07, 6.45) is 0. The fraction of sp³-hybridized carbons (Fsp3) is 0. The van der Waals surface area contributed by atoms with Crippen molar-refractivity contribution in [3.63, 3.8) is 0 Å². The number of nitrogens with zero attached hydrogens (tertiary/aromatic N) is 5. The molecule has 0 N–H and O–H groups in total. The minimum atomic E-state index is 0.464. The average molecular weight is 898 g/mol. The first-order valence-corrected chi connectivity index (χ1v) is 23.4. The van der Waals surface area contributed by atoms with E-state index in [1.807, 2.05) is 54.6 Å². The molecule has 2 heterocycles. The van der Waals surface area contributed by atoms with Gasteiger partial charge < -0.3 is 9.32 Å². The Bertz CT molecular complexity index is 3730. The molecule has 6 heteroatoms. The molecule has 0 atom stereocenters. The largest absolute Gasteiger partial charge is 0.416 e. The van der Waals surface area contributed by atoms with Crippen LogP contribution in [-0.4, -0.2) is 20.2 Å². The topological polar surface area (TPSA) is 67.9 Å². The highest BCUT2D eigenvalue weighted by molar-refractivity contribution is 6.03. The van der Waals surface area contributed by atoms with Crippen molar-refractivity contribution >= 4 is 28.1 Å². The molecule has 2 aromatic heterocycles. The zero-order chi connectivity index (χ0) is 46.6. The van der Waals surface area contributed by atoms with Gasteiger partial charge in [-0.05, 0) is 106 Å². The van der Waals surface area contributed by atoms with Gasteiger partial charge in [-0.2, -0.15) is 0 Å². The summed E-state index contributed by atoms with van der Waals surface area (Å²) in [6.45, 7) is 0. The van der Waals surface area contributed by atoms with Crippen LogP contribution in [0.5, 0.6) is 0 Å². The Morgan fingerprint density at radius 3 is 1.04 bits per heavy atom.